The second kappa shape index (κ2) is 8.71. The van der Waals surface area contributed by atoms with Gasteiger partial charge >= 0.3 is 5.97 Å². The molecule has 0 saturated heterocycles. The maximum atomic E-state index is 12.1. The highest BCUT2D eigenvalue weighted by atomic mass is 35.5. The number of para-hydroxylation sites is 1. The number of carbonyl (C=O) groups is 2. The van der Waals surface area contributed by atoms with Crippen molar-refractivity contribution in [2.24, 2.45) is 0 Å². The van der Waals surface area contributed by atoms with Gasteiger partial charge in [-0.25, -0.2) is 4.79 Å². The number of carbonyl (C=O) groups excluding carboxylic acids is 2. The molecule has 128 valence electrons. The average molecular weight is 358 g/mol. The van der Waals surface area contributed by atoms with Crippen molar-refractivity contribution in [2.45, 2.75) is 6.42 Å². The van der Waals surface area contributed by atoms with E-state index in [1.54, 1.807) is 24.3 Å². The van der Waals surface area contributed by atoms with Crippen molar-refractivity contribution in [1.82, 2.24) is 0 Å². The molecule has 0 heterocycles. The quantitative estimate of drug-likeness (QED) is 0.773. The molecule has 2 rings (SSSR count). The number of nitrogens with zero attached hydrogens (tertiary/aromatic N) is 1. The molecule has 0 bridgehead atoms. The molecule has 0 spiro atoms. The van der Waals surface area contributed by atoms with Crippen LogP contribution in [-0.4, -0.2) is 25.5 Å². The Morgan fingerprint density at radius 2 is 1.96 bits per heavy atom. The molecular formula is C18H16ClN3O3. The summed E-state index contributed by atoms with van der Waals surface area (Å²) in [5.41, 5.74) is 1.82. The van der Waals surface area contributed by atoms with Crippen molar-refractivity contribution in [1.29, 1.82) is 5.26 Å². The second-order valence-corrected chi connectivity index (χ2v) is 5.48. The smallest absolute Gasteiger partial charge is 0.337 e. The lowest BCUT2D eigenvalue weighted by molar-refractivity contribution is -0.115. The number of hydrogen-bond donors (Lipinski definition) is 2. The number of nitrogens with one attached hydrogen (secondary N) is 2. The zero-order chi connectivity index (χ0) is 18.2. The van der Waals surface area contributed by atoms with Gasteiger partial charge in [0.05, 0.1) is 34.6 Å². The topological polar surface area (TPSA) is 91.2 Å². The molecule has 0 aromatic heterocycles. The minimum Gasteiger partial charge on any atom is -0.465 e. The van der Waals surface area contributed by atoms with Gasteiger partial charge in [0, 0.05) is 13.0 Å². The Labute approximate surface area is 150 Å². The van der Waals surface area contributed by atoms with Gasteiger partial charge in [-0.05, 0) is 30.3 Å². The fraction of sp³-hybridized carbons (Fsp3) is 0.167. The van der Waals surface area contributed by atoms with Crippen LogP contribution < -0.4 is 10.6 Å². The third-order valence-corrected chi connectivity index (χ3v) is 3.71. The van der Waals surface area contributed by atoms with Gasteiger partial charge in [-0.1, -0.05) is 23.7 Å². The third kappa shape index (κ3) is 4.96. The number of rotatable bonds is 6. The first-order valence-electron chi connectivity index (χ1n) is 7.46. The molecular weight excluding hydrogens is 342 g/mol. The van der Waals surface area contributed by atoms with E-state index >= 15 is 0 Å². The van der Waals surface area contributed by atoms with Crippen LogP contribution >= 0.6 is 11.6 Å². The molecule has 0 fully saturated rings. The predicted molar refractivity (Wildman–Crippen MR) is 95.7 cm³/mol. The SMILES string of the molecule is COC(=O)c1ccc(Cl)c(NC(=O)CCNc2ccccc2C#N)c1. The van der Waals surface area contributed by atoms with Crippen LogP contribution in [0.3, 0.4) is 0 Å². The first kappa shape index (κ1) is 18.3. The Bertz CT molecular complexity index is 831. The van der Waals surface area contributed by atoms with E-state index < -0.39 is 5.97 Å². The molecule has 0 aliphatic rings. The lowest BCUT2D eigenvalue weighted by Crippen LogP contribution is -2.17. The summed E-state index contributed by atoms with van der Waals surface area (Å²) in [5, 5.41) is 15.0. The minimum atomic E-state index is -0.512. The van der Waals surface area contributed by atoms with Crippen LogP contribution in [-0.2, 0) is 9.53 Å². The van der Waals surface area contributed by atoms with Crippen molar-refractivity contribution < 1.29 is 14.3 Å². The normalized spacial score (nSPS) is 9.80. The number of amides is 1. The molecule has 0 saturated carbocycles. The van der Waals surface area contributed by atoms with Gasteiger partial charge < -0.3 is 15.4 Å². The highest BCUT2D eigenvalue weighted by Crippen LogP contribution is 2.23. The largest absolute Gasteiger partial charge is 0.465 e. The number of hydrogen-bond acceptors (Lipinski definition) is 5. The molecule has 2 N–H and O–H groups in total. The van der Waals surface area contributed by atoms with Gasteiger partial charge in [0.2, 0.25) is 5.91 Å². The highest BCUT2D eigenvalue weighted by molar-refractivity contribution is 6.33. The Morgan fingerprint density at radius 3 is 2.68 bits per heavy atom. The Balaban J connectivity index is 1.94. The van der Waals surface area contributed by atoms with Crippen LogP contribution in [0.5, 0.6) is 0 Å². The predicted octanol–water partition coefficient (Wildman–Crippen LogP) is 3.44. The summed E-state index contributed by atoms with van der Waals surface area (Å²) in [5.74, 6) is -0.784. The molecule has 2 aromatic rings. The summed E-state index contributed by atoms with van der Waals surface area (Å²) in [6.07, 6.45) is 0.165. The Morgan fingerprint density at radius 1 is 1.20 bits per heavy atom. The van der Waals surface area contributed by atoms with Crippen LogP contribution in [0.4, 0.5) is 11.4 Å². The molecule has 0 radical (unpaired) electrons. The van der Waals surface area contributed by atoms with Crippen molar-refractivity contribution in [3.8, 4) is 6.07 Å². The number of benzene rings is 2. The molecule has 0 aliphatic carbocycles. The van der Waals surface area contributed by atoms with E-state index in [0.717, 1.165) is 0 Å². The van der Waals surface area contributed by atoms with Crippen LogP contribution in [0.15, 0.2) is 42.5 Å². The van der Waals surface area contributed by atoms with Crippen LogP contribution in [0.2, 0.25) is 5.02 Å². The maximum absolute atomic E-state index is 12.1. The third-order valence-electron chi connectivity index (χ3n) is 3.38. The van der Waals surface area contributed by atoms with Gasteiger partial charge in [-0.15, -0.1) is 0 Å². The highest BCUT2D eigenvalue weighted by Gasteiger charge is 2.11. The number of halogens is 1. The van der Waals surface area contributed by atoms with Gasteiger partial charge in [-0.3, -0.25) is 4.79 Å². The van der Waals surface area contributed by atoms with Crippen molar-refractivity contribution in [2.75, 3.05) is 24.3 Å². The fourth-order valence-electron chi connectivity index (χ4n) is 2.12. The minimum absolute atomic E-state index is 0.165. The Kier molecular flexibility index (Phi) is 6.38. The van der Waals surface area contributed by atoms with Crippen LogP contribution in [0.1, 0.15) is 22.3 Å². The molecule has 2 aromatic carbocycles. The summed E-state index contributed by atoms with van der Waals surface area (Å²) in [6, 6.07) is 13.6. The van der Waals surface area contributed by atoms with E-state index in [0.29, 0.717) is 34.1 Å². The number of nitriles is 1. The number of ether oxygens (including phenoxy) is 1. The number of anilines is 2. The van der Waals surface area contributed by atoms with Crippen LogP contribution in [0, 0.1) is 11.3 Å². The summed E-state index contributed by atoms with van der Waals surface area (Å²) < 4.78 is 4.64. The van der Waals surface area contributed by atoms with E-state index in [2.05, 4.69) is 21.4 Å². The standard InChI is InChI=1S/C18H16ClN3O3/c1-25-18(24)12-6-7-14(19)16(10-12)22-17(23)8-9-21-15-5-3-2-4-13(15)11-20/h2-7,10,21H,8-9H2,1H3,(H,22,23). The lowest BCUT2D eigenvalue weighted by Gasteiger charge is -2.10. The molecule has 0 unspecified atom stereocenters. The van der Waals surface area contributed by atoms with E-state index in [4.69, 9.17) is 16.9 Å². The van der Waals surface area contributed by atoms with Gasteiger partial charge in [0.15, 0.2) is 0 Å². The molecule has 7 heteroatoms. The summed E-state index contributed by atoms with van der Waals surface area (Å²) in [7, 11) is 1.28. The molecule has 0 aliphatic heterocycles. The molecule has 25 heavy (non-hydrogen) atoms. The first-order valence-corrected chi connectivity index (χ1v) is 7.83. The van der Waals surface area contributed by atoms with Crippen molar-refractivity contribution in [3.05, 3.63) is 58.6 Å². The number of methoxy groups -OCH3 is 1. The Hall–Kier alpha value is -3.04. The van der Waals surface area contributed by atoms with Crippen molar-refractivity contribution >= 4 is 34.9 Å². The van der Waals surface area contributed by atoms with Gasteiger partial charge in [-0.2, -0.15) is 5.26 Å². The lowest BCUT2D eigenvalue weighted by atomic mass is 10.2. The first-order chi connectivity index (χ1) is 12.0. The zero-order valence-corrected chi connectivity index (χ0v) is 14.3. The zero-order valence-electron chi connectivity index (χ0n) is 13.5. The van der Waals surface area contributed by atoms with E-state index in [9.17, 15) is 9.59 Å². The maximum Gasteiger partial charge on any atom is 0.337 e. The van der Waals surface area contributed by atoms with Gasteiger partial charge in [0.1, 0.15) is 6.07 Å². The number of esters is 1. The van der Waals surface area contributed by atoms with E-state index in [-0.39, 0.29) is 12.3 Å². The van der Waals surface area contributed by atoms with Crippen molar-refractivity contribution in [3.63, 3.8) is 0 Å². The summed E-state index contributed by atoms with van der Waals surface area (Å²) in [6.45, 7) is 0.346. The molecule has 1 amide bonds. The van der Waals surface area contributed by atoms with E-state index in [1.807, 2.05) is 0 Å². The fourth-order valence-corrected chi connectivity index (χ4v) is 2.29. The summed E-state index contributed by atoms with van der Waals surface area (Å²) >= 11 is 6.04. The van der Waals surface area contributed by atoms with Crippen LogP contribution in [0.25, 0.3) is 0 Å². The van der Waals surface area contributed by atoms with Gasteiger partial charge in [0.25, 0.3) is 0 Å². The second-order valence-electron chi connectivity index (χ2n) is 5.07. The average Bonchev–Trinajstić information content (AvgIpc) is 2.63. The monoisotopic (exact) mass is 357 g/mol. The van der Waals surface area contributed by atoms with E-state index in [1.165, 1.54) is 25.3 Å². The summed E-state index contributed by atoms with van der Waals surface area (Å²) in [4.78, 5) is 23.6. The molecule has 6 nitrogen and oxygen atoms in total. The molecule has 0 atom stereocenters.